The van der Waals surface area contributed by atoms with Gasteiger partial charge in [0.05, 0.1) is 0 Å². The number of hydrogen-bond donors (Lipinski definition) is 1. The van der Waals surface area contributed by atoms with Crippen LogP contribution in [-0.4, -0.2) is 5.71 Å². The van der Waals surface area contributed by atoms with Crippen LogP contribution in [-0.2, 0) is 0 Å². The fraction of sp³-hybridized carbons (Fsp3) is 0.308. The maximum atomic E-state index is 6.81. The molecular weight excluding hydrogens is 170 g/mol. The molecule has 0 amide bonds. The molecule has 1 heteroatoms. The van der Waals surface area contributed by atoms with Gasteiger partial charge >= 0.3 is 0 Å². The first-order valence-corrected chi connectivity index (χ1v) is 4.77. The number of hydrogen-bond acceptors (Lipinski definition) is 1. The van der Waals surface area contributed by atoms with Gasteiger partial charge in [-0.2, -0.15) is 0 Å². The number of rotatable bonds is 1. The summed E-state index contributed by atoms with van der Waals surface area (Å²) < 4.78 is 0. The summed E-state index contributed by atoms with van der Waals surface area (Å²) in [6, 6.07) is 8.48. The normalized spacial score (nSPS) is 9.43. The van der Waals surface area contributed by atoms with Gasteiger partial charge in [0.25, 0.3) is 0 Å². The minimum Gasteiger partial charge on any atom is -0.306 e. The first-order valence-electron chi connectivity index (χ1n) is 4.77. The van der Waals surface area contributed by atoms with E-state index < -0.39 is 0 Å². The van der Waals surface area contributed by atoms with Crippen LogP contribution in [0.4, 0.5) is 0 Å². The number of aryl methyl sites for hydroxylation is 2. The Balaban J connectivity index is 0.000000255. The minimum atomic E-state index is 0.609. The van der Waals surface area contributed by atoms with Crippen molar-refractivity contribution in [3.8, 4) is 0 Å². The second-order valence-corrected chi connectivity index (χ2v) is 3.34. The molecule has 14 heavy (non-hydrogen) atoms. The molecule has 0 bridgehead atoms. The molecule has 0 unspecified atom stereocenters. The van der Waals surface area contributed by atoms with Gasteiger partial charge in [0, 0.05) is 5.71 Å². The average molecular weight is 189 g/mol. The smallest absolute Gasteiger partial charge is 0.0279 e. The van der Waals surface area contributed by atoms with E-state index in [4.69, 9.17) is 5.41 Å². The third-order valence-corrected chi connectivity index (χ3v) is 1.63. The average Bonchev–Trinajstić information content (AvgIpc) is 2.11. The van der Waals surface area contributed by atoms with Gasteiger partial charge in [-0.05, 0) is 33.8 Å². The molecule has 0 aliphatic heterocycles. The van der Waals surface area contributed by atoms with Gasteiger partial charge < -0.3 is 5.41 Å². The van der Waals surface area contributed by atoms with Gasteiger partial charge in [0.15, 0.2) is 0 Å². The summed E-state index contributed by atoms with van der Waals surface area (Å²) in [5.41, 5.74) is 3.27. The topological polar surface area (TPSA) is 23.9 Å². The van der Waals surface area contributed by atoms with E-state index in [0.29, 0.717) is 5.71 Å². The highest BCUT2D eigenvalue weighted by Gasteiger charge is 1.79. The van der Waals surface area contributed by atoms with Crippen molar-refractivity contribution in [3.63, 3.8) is 0 Å². The fourth-order valence-corrected chi connectivity index (χ4v) is 0.887. The molecule has 0 aromatic heterocycles. The number of allylic oxidation sites excluding steroid dienone is 2. The highest BCUT2D eigenvalue weighted by Crippen LogP contribution is 1.99. The Morgan fingerprint density at radius 3 is 1.57 bits per heavy atom. The summed E-state index contributed by atoms with van der Waals surface area (Å²) in [7, 11) is 0. The number of nitrogens with one attached hydrogen (secondary N) is 1. The van der Waals surface area contributed by atoms with Crippen molar-refractivity contribution in [1.82, 2.24) is 0 Å². The quantitative estimate of drug-likeness (QED) is 0.648. The Kier molecular flexibility index (Phi) is 6.38. The third-order valence-electron chi connectivity index (χ3n) is 1.63. The van der Waals surface area contributed by atoms with Crippen LogP contribution in [0.3, 0.4) is 0 Å². The van der Waals surface area contributed by atoms with Crippen molar-refractivity contribution in [1.29, 1.82) is 5.41 Å². The molecule has 0 aliphatic carbocycles. The van der Waals surface area contributed by atoms with Crippen molar-refractivity contribution in [2.45, 2.75) is 27.7 Å². The van der Waals surface area contributed by atoms with E-state index in [-0.39, 0.29) is 0 Å². The Morgan fingerprint density at radius 2 is 1.43 bits per heavy atom. The van der Waals surface area contributed by atoms with Crippen molar-refractivity contribution in [3.05, 3.63) is 47.5 Å². The second kappa shape index (κ2) is 7.07. The molecule has 0 fully saturated rings. The van der Waals surface area contributed by atoms with Crippen LogP contribution in [0.5, 0.6) is 0 Å². The zero-order valence-electron chi connectivity index (χ0n) is 9.46. The van der Waals surface area contributed by atoms with Crippen molar-refractivity contribution in [2.24, 2.45) is 0 Å². The lowest BCUT2D eigenvalue weighted by atomic mass is 10.2. The first-order chi connectivity index (χ1) is 6.56. The van der Waals surface area contributed by atoms with E-state index in [2.05, 4.69) is 38.1 Å². The highest BCUT2D eigenvalue weighted by molar-refractivity contribution is 5.89. The standard InChI is InChI=1S/C8H10.C5H9N/c1-7-3-5-8(2)6-4-7;1-3-4-5(2)6/h3-6H,1-2H3;3-4,6H,1-2H3/b;4-3-,6-5?. The maximum absolute atomic E-state index is 6.81. The molecular formula is C13H19N. The van der Waals surface area contributed by atoms with Gasteiger partial charge in [-0.15, -0.1) is 0 Å². The van der Waals surface area contributed by atoms with Crippen LogP contribution in [0, 0.1) is 19.3 Å². The molecule has 0 aliphatic rings. The molecule has 0 spiro atoms. The first kappa shape index (κ1) is 12.6. The maximum Gasteiger partial charge on any atom is 0.0279 e. The van der Waals surface area contributed by atoms with Gasteiger partial charge in [0.2, 0.25) is 0 Å². The van der Waals surface area contributed by atoms with Crippen molar-refractivity contribution >= 4 is 5.71 Å². The van der Waals surface area contributed by atoms with Gasteiger partial charge in [0.1, 0.15) is 0 Å². The summed E-state index contributed by atoms with van der Waals surface area (Å²) in [4.78, 5) is 0. The van der Waals surface area contributed by atoms with Crippen molar-refractivity contribution in [2.75, 3.05) is 0 Å². The van der Waals surface area contributed by atoms with Crippen LogP contribution in [0.25, 0.3) is 0 Å². The van der Waals surface area contributed by atoms with E-state index in [1.54, 1.807) is 13.0 Å². The molecule has 0 saturated heterocycles. The number of benzene rings is 1. The Morgan fingerprint density at radius 1 is 1.07 bits per heavy atom. The molecule has 0 radical (unpaired) electrons. The Labute approximate surface area is 87.0 Å². The molecule has 1 aromatic rings. The molecule has 1 N–H and O–H groups in total. The van der Waals surface area contributed by atoms with Crippen LogP contribution in [0.1, 0.15) is 25.0 Å². The lowest BCUT2D eigenvalue weighted by Gasteiger charge is -1.90. The van der Waals surface area contributed by atoms with E-state index in [9.17, 15) is 0 Å². The van der Waals surface area contributed by atoms with E-state index >= 15 is 0 Å². The fourth-order valence-electron chi connectivity index (χ4n) is 0.887. The van der Waals surface area contributed by atoms with Crippen LogP contribution < -0.4 is 0 Å². The highest BCUT2D eigenvalue weighted by atomic mass is 14.4. The zero-order valence-corrected chi connectivity index (χ0v) is 9.46. The van der Waals surface area contributed by atoms with Gasteiger partial charge in [-0.1, -0.05) is 41.5 Å². The second-order valence-electron chi connectivity index (χ2n) is 3.34. The summed E-state index contributed by atoms with van der Waals surface area (Å²) >= 11 is 0. The molecule has 1 nitrogen and oxygen atoms in total. The van der Waals surface area contributed by atoms with E-state index in [1.165, 1.54) is 11.1 Å². The van der Waals surface area contributed by atoms with Crippen LogP contribution >= 0.6 is 0 Å². The van der Waals surface area contributed by atoms with Gasteiger partial charge in [-0.25, -0.2) is 0 Å². The summed E-state index contributed by atoms with van der Waals surface area (Å²) in [5, 5.41) is 6.81. The van der Waals surface area contributed by atoms with Crippen LogP contribution in [0.15, 0.2) is 36.4 Å². The summed E-state index contributed by atoms with van der Waals surface area (Å²) in [5.74, 6) is 0. The lowest BCUT2D eigenvalue weighted by Crippen LogP contribution is -1.74. The largest absolute Gasteiger partial charge is 0.306 e. The van der Waals surface area contributed by atoms with Gasteiger partial charge in [-0.3, -0.25) is 0 Å². The Bertz CT molecular complexity index is 273. The minimum absolute atomic E-state index is 0.609. The molecule has 1 aromatic carbocycles. The van der Waals surface area contributed by atoms with Crippen molar-refractivity contribution < 1.29 is 0 Å². The predicted octanol–water partition coefficient (Wildman–Crippen LogP) is 3.91. The van der Waals surface area contributed by atoms with E-state index in [1.807, 2.05) is 13.0 Å². The molecule has 0 atom stereocenters. The zero-order chi connectivity index (χ0) is 11.0. The lowest BCUT2D eigenvalue weighted by molar-refractivity contribution is 1.40. The predicted molar refractivity (Wildman–Crippen MR) is 64.1 cm³/mol. The summed E-state index contributed by atoms with van der Waals surface area (Å²) in [6.45, 7) is 7.84. The monoisotopic (exact) mass is 189 g/mol. The molecule has 1 rings (SSSR count). The van der Waals surface area contributed by atoms with E-state index in [0.717, 1.165) is 0 Å². The molecule has 0 saturated carbocycles. The molecule has 0 heterocycles. The summed E-state index contributed by atoms with van der Waals surface area (Å²) in [6.07, 6.45) is 3.60. The Hall–Kier alpha value is -1.37. The van der Waals surface area contributed by atoms with Crippen LogP contribution in [0.2, 0.25) is 0 Å². The molecule has 76 valence electrons. The third kappa shape index (κ3) is 7.29. The SMILES string of the molecule is C/C=C\C(C)=N.Cc1ccc(C)cc1.